The van der Waals surface area contributed by atoms with Crippen molar-refractivity contribution in [2.75, 3.05) is 26.2 Å². The maximum Gasteiger partial charge on any atom is 0.242 e. The van der Waals surface area contributed by atoms with Crippen molar-refractivity contribution < 1.29 is 15.0 Å². The first kappa shape index (κ1) is 13.6. The molecule has 1 amide bonds. The van der Waals surface area contributed by atoms with Gasteiger partial charge in [-0.15, -0.1) is 0 Å². The predicted octanol–water partition coefficient (Wildman–Crippen LogP) is -0.297. The molecule has 1 aliphatic rings. The van der Waals surface area contributed by atoms with E-state index in [-0.39, 0.29) is 11.5 Å². The number of benzene rings is 1. The van der Waals surface area contributed by atoms with Crippen LogP contribution in [-0.4, -0.2) is 47.2 Å². The van der Waals surface area contributed by atoms with Crippen molar-refractivity contribution in [2.24, 2.45) is 5.73 Å². The number of aromatic hydroxyl groups is 2. The molecule has 0 aromatic heterocycles. The van der Waals surface area contributed by atoms with Gasteiger partial charge in [-0.1, -0.05) is 0 Å². The first-order valence-electron chi connectivity index (χ1n) is 6.24. The summed E-state index contributed by atoms with van der Waals surface area (Å²) in [5, 5.41) is 22.4. The summed E-state index contributed by atoms with van der Waals surface area (Å²) in [5.74, 6) is -0.672. The lowest BCUT2D eigenvalue weighted by Crippen LogP contribution is -2.58. The van der Waals surface area contributed by atoms with Gasteiger partial charge in [-0.25, -0.2) is 0 Å². The van der Waals surface area contributed by atoms with Crippen LogP contribution in [0.2, 0.25) is 0 Å². The largest absolute Gasteiger partial charge is 0.508 e. The number of piperazine rings is 1. The first-order valence-corrected chi connectivity index (χ1v) is 6.24. The number of hydrogen-bond acceptors (Lipinski definition) is 5. The van der Waals surface area contributed by atoms with Gasteiger partial charge in [0.2, 0.25) is 5.91 Å². The van der Waals surface area contributed by atoms with Crippen LogP contribution in [0.4, 0.5) is 0 Å². The van der Waals surface area contributed by atoms with Crippen LogP contribution in [0.15, 0.2) is 18.2 Å². The fourth-order valence-corrected chi connectivity index (χ4v) is 2.47. The van der Waals surface area contributed by atoms with Gasteiger partial charge >= 0.3 is 0 Å². The molecular weight excluding hydrogens is 246 g/mol. The second-order valence-electron chi connectivity index (χ2n) is 4.91. The molecule has 1 saturated heterocycles. The number of hydrogen-bond donors (Lipinski definition) is 4. The van der Waals surface area contributed by atoms with Crippen LogP contribution in [0, 0.1) is 0 Å². The zero-order chi connectivity index (χ0) is 14.0. The summed E-state index contributed by atoms with van der Waals surface area (Å²) >= 11 is 0. The van der Waals surface area contributed by atoms with Crippen LogP contribution < -0.4 is 11.1 Å². The molecule has 1 aromatic rings. The van der Waals surface area contributed by atoms with Gasteiger partial charge in [-0.3, -0.25) is 9.69 Å². The highest BCUT2D eigenvalue weighted by atomic mass is 16.3. The van der Waals surface area contributed by atoms with Gasteiger partial charge in [-0.05, 0) is 24.6 Å². The molecule has 104 valence electrons. The van der Waals surface area contributed by atoms with Gasteiger partial charge in [0.25, 0.3) is 0 Å². The highest BCUT2D eigenvalue weighted by Crippen LogP contribution is 2.33. The van der Waals surface area contributed by atoms with Crippen LogP contribution >= 0.6 is 0 Å². The Kier molecular flexibility index (Phi) is 3.64. The summed E-state index contributed by atoms with van der Waals surface area (Å²) in [6.45, 7) is 4.61. The molecule has 5 N–H and O–H groups in total. The number of primary amides is 1. The summed E-state index contributed by atoms with van der Waals surface area (Å²) in [4.78, 5) is 13.9. The van der Waals surface area contributed by atoms with Crippen molar-refractivity contribution in [1.29, 1.82) is 0 Å². The number of nitrogens with two attached hydrogens (primary N) is 1. The van der Waals surface area contributed by atoms with E-state index in [0.29, 0.717) is 18.7 Å². The molecular formula is C13H19N3O3. The summed E-state index contributed by atoms with van der Waals surface area (Å²) in [5.41, 5.74) is 5.03. The highest BCUT2D eigenvalue weighted by Gasteiger charge is 2.40. The van der Waals surface area contributed by atoms with E-state index in [9.17, 15) is 15.0 Å². The van der Waals surface area contributed by atoms with Crippen LogP contribution in [0.3, 0.4) is 0 Å². The molecule has 1 unspecified atom stereocenters. The Morgan fingerprint density at radius 3 is 2.26 bits per heavy atom. The fourth-order valence-electron chi connectivity index (χ4n) is 2.47. The Labute approximate surface area is 111 Å². The van der Waals surface area contributed by atoms with Crippen LogP contribution in [0.25, 0.3) is 0 Å². The lowest BCUT2D eigenvalue weighted by Gasteiger charge is -2.41. The van der Waals surface area contributed by atoms with E-state index in [1.54, 1.807) is 6.92 Å². The lowest BCUT2D eigenvalue weighted by molar-refractivity contribution is -0.130. The second kappa shape index (κ2) is 5.07. The second-order valence-corrected chi connectivity index (χ2v) is 4.91. The fraction of sp³-hybridized carbons (Fsp3) is 0.462. The van der Waals surface area contributed by atoms with E-state index in [0.717, 1.165) is 13.1 Å². The van der Waals surface area contributed by atoms with Crippen molar-refractivity contribution >= 4 is 5.91 Å². The van der Waals surface area contributed by atoms with E-state index >= 15 is 0 Å². The van der Waals surface area contributed by atoms with Crippen LogP contribution in [0.5, 0.6) is 11.5 Å². The van der Waals surface area contributed by atoms with Gasteiger partial charge in [0.15, 0.2) is 0 Å². The van der Waals surface area contributed by atoms with Gasteiger partial charge < -0.3 is 21.3 Å². The number of phenolic OH excluding ortho intramolecular Hbond substituents is 2. The minimum absolute atomic E-state index is 0.0855. The van der Waals surface area contributed by atoms with Crippen molar-refractivity contribution in [3.63, 3.8) is 0 Å². The Balaban J connectivity index is 2.45. The molecule has 0 spiro atoms. The van der Waals surface area contributed by atoms with Crippen molar-refractivity contribution in [3.8, 4) is 11.5 Å². The quantitative estimate of drug-likeness (QED) is 0.601. The van der Waals surface area contributed by atoms with Crippen molar-refractivity contribution in [2.45, 2.75) is 12.5 Å². The zero-order valence-corrected chi connectivity index (χ0v) is 10.9. The third kappa shape index (κ3) is 2.50. The molecule has 6 heteroatoms. The molecule has 19 heavy (non-hydrogen) atoms. The molecule has 0 aliphatic carbocycles. The first-order chi connectivity index (χ1) is 8.94. The van der Waals surface area contributed by atoms with E-state index in [2.05, 4.69) is 5.32 Å². The molecule has 1 atom stereocenters. The molecule has 0 bridgehead atoms. The van der Waals surface area contributed by atoms with Gasteiger partial charge in [-0.2, -0.15) is 0 Å². The average molecular weight is 265 g/mol. The summed E-state index contributed by atoms with van der Waals surface area (Å²) in [7, 11) is 0. The molecule has 2 rings (SSSR count). The molecule has 6 nitrogen and oxygen atoms in total. The number of rotatable bonds is 3. The van der Waals surface area contributed by atoms with Crippen molar-refractivity contribution in [3.05, 3.63) is 23.8 Å². The number of nitrogens with zero attached hydrogens (tertiary/aromatic N) is 1. The normalized spacial score (nSPS) is 19.8. The third-order valence-corrected chi connectivity index (χ3v) is 3.69. The third-order valence-electron chi connectivity index (χ3n) is 3.69. The van der Waals surface area contributed by atoms with Crippen molar-refractivity contribution in [1.82, 2.24) is 10.2 Å². The highest BCUT2D eigenvalue weighted by molar-refractivity contribution is 5.86. The van der Waals surface area contributed by atoms with E-state index in [1.165, 1.54) is 18.2 Å². The maximum atomic E-state index is 11.9. The average Bonchev–Trinajstić information content (AvgIpc) is 2.37. The summed E-state index contributed by atoms with van der Waals surface area (Å²) in [6, 6.07) is 4.15. The molecule has 1 aliphatic heterocycles. The molecule has 1 heterocycles. The van der Waals surface area contributed by atoms with Gasteiger partial charge in [0.1, 0.15) is 17.0 Å². The molecule has 1 aromatic carbocycles. The van der Waals surface area contributed by atoms with Crippen LogP contribution in [-0.2, 0) is 10.3 Å². The lowest BCUT2D eigenvalue weighted by atomic mass is 9.88. The topological polar surface area (TPSA) is 98.8 Å². The SMILES string of the molecule is CC(C(N)=O)(c1cc(O)cc(O)c1)N1CCNCC1. The van der Waals surface area contributed by atoms with E-state index in [1.807, 2.05) is 4.90 Å². The monoisotopic (exact) mass is 265 g/mol. The minimum atomic E-state index is -1.04. The Morgan fingerprint density at radius 1 is 1.26 bits per heavy atom. The predicted molar refractivity (Wildman–Crippen MR) is 70.8 cm³/mol. The summed E-state index contributed by atoms with van der Waals surface area (Å²) < 4.78 is 0. The Hall–Kier alpha value is -1.79. The number of phenols is 2. The Morgan fingerprint density at radius 2 is 1.79 bits per heavy atom. The van der Waals surface area contributed by atoms with E-state index < -0.39 is 11.4 Å². The molecule has 0 radical (unpaired) electrons. The number of carbonyl (C=O) groups is 1. The number of nitrogens with one attached hydrogen (secondary N) is 1. The maximum absolute atomic E-state index is 11.9. The zero-order valence-electron chi connectivity index (χ0n) is 10.9. The van der Waals surface area contributed by atoms with Crippen LogP contribution in [0.1, 0.15) is 12.5 Å². The smallest absolute Gasteiger partial charge is 0.242 e. The minimum Gasteiger partial charge on any atom is -0.508 e. The number of carbonyl (C=O) groups excluding carboxylic acids is 1. The van der Waals surface area contributed by atoms with Gasteiger partial charge in [0.05, 0.1) is 0 Å². The standard InChI is InChI=1S/C13H19N3O3/c1-13(12(14)19,16-4-2-15-3-5-16)9-6-10(17)8-11(18)7-9/h6-8,15,17-18H,2-5H2,1H3,(H2,14,19). The summed E-state index contributed by atoms with van der Waals surface area (Å²) in [6.07, 6.45) is 0. The van der Waals surface area contributed by atoms with Gasteiger partial charge in [0, 0.05) is 32.2 Å². The molecule has 0 saturated carbocycles. The number of amides is 1. The Bertz CT molecular complexity index is 466. The molecule has 1 fully saturated rings. The van der Waals surface area contributed by atoms with E-state index in [4.69, 9.17) is 5.73 Å².